The first kappa shape index (κ1) is 17.3. The first-order valence-electron chi connectivity index (χ1n) is 8.83. The zero-order valence-electron chi connectivity index (χ0n) is 15.4. The number of benzene rings is 1. The van der Waals surface area contributed by atoms with Crippen molar-refractivity contribution in [3.8, 4) is 5.75 Å². The molecule has 27 heavy (non-hydrogen) atoms. The van der Waals surface area contributed by atoms with Crippen LogP contribution in [0.5, 0.6) is 5.75 Å². The standard InChI is InChI=1S/C20H21N3O4/c1-20(2)8-11-15(12(24)9-20)14(10-6-4-5-7-13(10)27-3)16-17(21-11)22-19(26)23-18(16)25/h4-7,14H,8-9H2,1-3H3,(H3,21,22,23,25,26)/t14-/m1/s1. The highest BCUT2D eigenvalue weighted by Crippen LogP contribution is 2.48. The quantitative estimate of drug-likeness (QED) is 0.755. The second-order valence-electron chi connectivity index (χ2n) is 7.83. The van der Waals surface area contributed by atoms with Gasteiger partial charge in [0.2, 0.25) is 0 Å². The highest BCUT2D eigenvalue weighted by atomic mass is 16.5. The summed E-state index contributed by atoms with van der Waals surface area (Å²) in [6.45, 7) is 4.06. The maximum absolute atomic E-state index is 13.1. The molecule has 0 radical (unpaired) electrons. The Morgan fingerprint density at radius 3 is 2.56 bits per heavy atom. The zero-order valence-corrected chi connectivity index (χ0v) is 15.4. The van der Waals surface area contributed by atoms with Crippen molar-refractivity contribution in [2.75, 3.05) is 12.4 Å². The Kier molecular flexibility index (Phi) is 3.83. The van der Waals surface area contributed by atoms with Crippen LogP contribution < -0.4 is 21.3 Å². The van der Waals surface area contributed by atoms with Gasteiger partial charge in [-0.1, -0.05) is 32.0 Å². The lowest BCUT2D eigenvalue weighted by Crippen LogP contribution is -2.39. The van der Waals surface area contributed by atoms with Gasteiger partial charge < -0.3 is 10.1 Å². The molecule has 1 aromatic carbocycles. The number of rotatable bonds is 2. The van der Waals surface area contributed by atoms with E-state index in [2.05, 4.69) is 15.3 Å². The molecule has 0 saturated heterocycles. The van der Waals surface area contributed by atoms with Crippen LogP contribution in [0.1, 0.15) is 43.7 Å². The number of nitrogens with one attached hydrogen (secondary N) is 3. The molecule has 2 aromatic rings. The lowest BCUT2D eigenvalue weighted by atomic mass is 9.69. The minimum Gasteiger partial charge on any atom is -0.496 e. The van der Waals surface area contributed by atoms with E-state index in [0.717, 1.165) is 11.3 Å². The van der Waals surface area contributed by atoms with E-state index in [1.54, 1.807) is 13.2 Å². The molecule has 0 spiro atoms. The van der Waals surface area contributed by atoms with Crippen molar-refractivity contribution in [1.29, 1.82) is 0 Å². The summed E-state index contributed by atoms with van der Waals surface area (Å²) in [6.07, 6.45) is 1.05. The number of methoxy groups -OCH3 is 1. The highest BCUT2D eigenvalue weighted by molar-refractivity contribution is 6.01. The van der Waals surface area contributed by atoms with E-state index in [1.807, 2.05) is 32.0 Å². The number of hydrogen-bond acceptors (Lipinski definition) is 5. The van der Waals surface area contributed by atoms with Crippen molar-refractivity contribution in [2.24, 2.45) is 5.41 Å². The van der Waals surface area contributed by atoms with Crippen LogP contribution >= 0.6 is 0 Å². The smallest absolute Gasteiger partial charge is 0.327 e. The van der Waals surface area contributed by atoms with Crippen molar-refractivity contribution < 1.29 is 9.53 Å². The third-order valence-electron chi connectivity index (χ3n) is 5.20. The maximum atomic E-state index is 13.1. The molecule has 0 unspecified atom stereocenters. The van der Waals surface area contributed by atoms with Gasteiger partial charge in [0.05, 0.1) is 18.6 Å². The first-order chi connectivity index (χ1) is 12.8. The number of anilines is 1. The number of para-hydroxylation sites is 1. The predicted octanol–water partition coefficient (Wildman–Crippen LogP) is 2.27. The summed E-state index contributed by atoms with van der Waals surface area (Å²) in [5.41, 5.74) is 1.07. The fourth-order valence-electron chi connectivity index (χ4n) is 4.16. The van der Waals surface area contributed by atoms with E-state index in [4.69, 9.17) is 4.74 Å². The Hall–Kier alpha value is -3.09. The summed E-state index contributed by atoms with van der Waals surface area (Å²) < 4.78 is 5.49. The summed E-state index contributed by atoms with van der Waals surface area (Å²) >= 11 is 0. The van der Waals surface area contributed by atoms with Crippen LogP contribution in [-0.2, 0) is 4.79 Å². The number of ether oxygens (including phenoxy) is 1. The number of fused-ring (bicyclic) bond motifs is 1. The Bertz CT molecular complexity index is 1090. The number of aromatic amines is 2. The highest BCUT2D eigenvalue weighted by Gasteiger charge is 2.42. The van der Waals surface area contributed by atoms with Gasteiger partial charge in [-0.25, -0.2) is 4.79 Å². The topological polar surface area (TPSA) is 104 Å². The minimum absolute atomic E-state index is 0.000839. The van der Waals surface area contributed by atoms with E-state index in [-0.39, 0.29) is 11.2 Å². The number of Topliss-reactive ketones (excluding diaryl/α,β-unsaturated/α-hetero) is 1. The van der Waals surface area contributed by atoms with Gasteiger partial charge in [-0.15, -0.1) is 0 Å². The molecule has 7 heteroatoms. The molecule has 0 amide bonds. The molecule has 0 saturated carbocycles. The van der Waals surface area contributed by atoms with Gasteiger partial charge in [-0.2, -0.15) is 0 Å². The van der Waals surface area contributed by atoms with E-state index >= 15 is 0 Å². The van der Waals surface area contributed by atoms with Crippen LogP contribution in [0.3, 0.4) is 0 Å². The summed E-state index contributed by atoms with van der Waals surface area (Å²) in [4.78, 5) is 42.6. The molecular weight excluding hydrogens is 346 g/mol. The van der Waals surface area contributed by atoms with Gasteiger partial charge in [0, 0.05) is 23.3 Å². The fraction of sp³-hybridized carbons (Fsp3) is 0.350. The van der Waals surface area contributed by atoms with Crippen molar-refractivity contribution >= 4 is 11.6 Å². The van der Waals surface area contributed by atoms with E-state index in [1.165, 1.54) is 0 Å². The number of carbonyl (C=O) groups is 1. The van der Waals surface area contributed by atoms with Crippen molar-refractivity contribution in [1.82, 2.24) is 9.97 Å². The molecule has 1 aliphatic heterocycles. The van der Waals surface area contributed by atoms with Crippen molar-refractivity contribution in [3.05, 3.63) is 67.5 Å². The molecule has 2 heterocycles. The minimum atomic E-state index is -0.600. The van der Waals surface area contributed by atoms with Gasteiger partial charge in [-0.05, 0) is 17.9 Å². The van der Waals surface area contributed by atoms with Crippen LogP contribution in [0.4, 0.5) is 5.82 Å². The number of allylic oxidation sites excluding steroid dienone is 2. The van der Waals surface area contributed by atoms with Gasteiger partial charge in [0.25, 0.3) is 5.56 Å². The molecule has 2 aliphatic rings. The number of H-pyrrole nitrogens is 2. The van der Waals surface area contributed by atoms with E-state index in [0.29, 0.717) is 35.5 Å². The average molecular weight is 367 g/mol. The predicted molar refractivity (Wildman–Crippen MR) is 101 cm³/mol. The number of ketones is 1. The molecule has 1 atom stereocenters. The summed E-state index contributed by atoms with van der Waals surface area (Å²) in [5.74, 6) is 0.326. The molecule has 7 nitrogen and oxygen atoms in total. The van der Waals surface area contributed by atoms with Gasteiger partial charge in [0.15, 0.2) is 5.78 Å². The average Bonchev–Trinajstić information content (AvgIpc) is 2.58. The maximum Gasteiger partial charge on any atom is 0.327 e. The molecular formula is C20H21N3O4. The Balaban J connectivity index is 2.04. The molecule has 140 valence electrons. The largest absolute Gasteiger partial charge is 0.496 e. The Morgan fingerprint density at radius 2 is 1.81 bits per heavy atom. The third-order valence-corrected chi connectivity index (χ3v) is 5.20. The lowest BCUT2D eigenvalue weighted by molar-refractivity contribution is -0.118. The van der Waals surface area contributed by atoms with E-state index < -0.39 is 17.2 Å². The zero-order chi connectivity index (χ0) is 19.3. The molecule has 0 fully saturated rings. The first-order valence-corrected chi connectivity index (χ1v) is 8.83. The Morgan fingerprint density at radius 1 is 1.07 bits per heavy atom. The molecule has 3 N–H and O–H groups in total. The van der Waals surface area contributed by atoms with Crippen molar-refractivity contribution in [3.63, 3.8) is 0 Å². The molecule has 0 bridgehead atoms. The number of hydrogen-bond donors (Lipinski definition) is 3. The molecule has 1 aliphatic carbocycles. The van der Waals surface area contributed by atoms with Crippen LogP contribution in [0, 0.1) is 5.41 Å². The van der Waals surface area contributed by atoms with Crippen LogP contribution in [0.2, 0.25) is 0 Å². The second kappa shape index (κ2) is 5.97. The molecule has 1 aromatic heterocycles. The summed E-state index contributed by atoms with van der Waals surface area (Å²) in [6, 6.07) is 7.33. The van der Waals surface area contributed by atoms with Crippen LogP contribution in [0.15, 0.2) is 45.1 Å². The summed E-state index contributed by atoms with van der Waals surface area (Å²) in [5, 5.41) is 3.15. The monoisotopic (exact) mass is 367 g/mol. The number of aromatic nitrogens is 2. The summed E-state index contributed by atoms with van der Waals surface area (Å²) in [7, 11) is 1.55. The number of carbonyl (C=O) groups excluding carboxylic acids is 1. The molecule has 4 rings (SSSR count). The van der Waals surface area contributed by atoms with Crippen molar-refractivity contribution in [2.45, 2.75) is 32.6 Å². The third kappa shape index (κ3) is 2.79. The van der Waals surface area contributed by atoms with Crippen LogP contribution in [-0.4, -0.2) is 22.9 Å². The Labute approximate surface area is 155 Å². The van der Waals surface area contributed by atoms with E-state index in [9.17, 15) is 14.4 Å². The SMILES string of the molecule is COc1ccccc1[C@@H]1C2=C(CC(C)(C)CC2=O)Nc2[nH]c(=O)[nH]c(=O)c21. The normalized spacial score (nSPS) is 20.6. The lowest BCUT2D eigenvalue weighted by Gasteiger charge is -2.38. The van der Waals surface area contributed by atoms with Gasteiger partial charge in [-0.3, -0.25) is 19.6 Å². The van der Waals surface area contributed by atoms with Crippen LogP contribution in [0.25, 0.3) is 0 Å². The van der Waals surface area contributed by atoms with Gasteiger partial charge in [0.1, 0.15) is 11.6 Å². The second-order valence-corrected chi connectivity index (χ2v) is 7.83. The fourth-order valence-corrected chi connectivity index (χ4v) is 4.16. The van der Waals surface area contributed by atoms with Gasteiger partial charge >= 0.3 is 5.69 Å².